The molecule has 0 saturated heterocycles. The lowest BCUT2D eigenvalue weighted by molar-refractivity contribution is 0.100. The molecule has 2 aromatic rings. The molecule has 1 aliphatic carbocycles. The van der Waals surface area contributed by atoms with E-state index >= 15 is 0 Å². The minimum absolute atomic E-state index is 0.320. The minimum atomic E-state index is -0.424. The number of carbonyl (C=O) groups is 1. The van der Waals surface area contributed by atoms with Gasteiger partial charge in [-0.1, -0.05) is 20.8 Å². The number of aromatic nitrogens is 2. The maximum atomic E-state index is 11.4. The number of amides is 1. The van der Waals surface area contributed by atoms with Crippen LogP contribution in [0.15, 0.2) is 12.3 Å². The number of H-pyrrole nitrogens is 1. The van der Waals surface area contributed by atoms with Crippen molar-refractivity contribution in [2.24, 2.45) is 17.1 Å². The van der Waals surface area contributed by atoms with E-state index in [9.17, 15) is 4.79 Å². The fourth-order valence-corrected chi connectivity index (χ4v) is 3.13. The predicted octanol–water partition coefficient (Wildman–Crippen LogP) is 2.81. The van der Waals surface area contributed by atoms with Crippen LogP contribution in [0, 0.1) is 11.3 Å². The standard InChI is InChI=1S/C16H21N3O/c1-16(2,3)10-4-5-12-9(6-10)7-13-14(19-12)11(8-18-13)15(17)20/h7-8,10,18H,4-6H2,1-3H3,(H2,17,20). The van der Waals surface area contributed by atoms with Crippen molar-refractivity contribution in [1.82, 2.24) is 9.97 Å². The summed E-state index contributed by atoms with van der Waals surface area (Å²) in [5.41, 5.74) is 10.2. The van der Waals surface area contributed by atoms with E-state index in [1.807, 2.05) is 0 Å². The monoisotopic (exact) mass is 271 g/mol. The van der Waals surface area contributed by atoms with Gasteiger partial charge in [0.05, 0.1) is 11.1 Å². The summed E-state index contributed by atoms with van der Waals surface area (Å²) in [5.74, 6) is 0.256. The molecule has 0 aromatic carbocycles. The molecule has 3 N–H and O–H groups in total. The van der Waals surface area contributed by atoms with Crippen LogP contribution in [0.4, 0.5) is 0 Å². The number of carbonyl (C=O) groups excluding carboxylic acids is 1. The van der Waals surface area contributed by atoms with Crippen molar-refractivity contribution in [2.75, 3.05) is 0 Å². The number of nitrogens with zero attached hydrogens (tertiary/aromatic N) is 1. The van der Waals surface area contributed by atoms with Crippen LogP contribution in [0.2, 0.25) is 0 Å². The number of pyridine rings is 1. The van der Waals surface area contributed by atoms with Crippen molar-refractivity contribution >= 4 is 16.9 Å². The predicted molar refractivity (Wildman–Crippen MR) is 79.6 cm³/mol. The Morgan fingerprint density at radius 2 is 2.20 bits per heavy atom. The van der Waals surface area contributed by atoms with Gasteiger partial charge in [0.1, 0.15) is 5.52 Å². The number of hydrogen-bond acceptors (Lipinski definition) is 2. The average molecular weight is 271 g/mol. The lowest BCUT2D eigenvalue weighted by Crippen LogP contribution is -2.27. The molecule has 0 bridgehead atoms. The number of nitrogens with two attached hydrogens (primary N) is 1. The topological polar surface area (TPSA) is 71.8 Å². The van der Waals surface area contributed by atoms with E-state index in [1.54, 1.807) is 6.20 Å². The van der Waals surface area contributed by atoms with Gasteiger partial charge in [-0.2, -0.15) is 0 Å². The second kappa shape index (κ2) is 4.33. The smallest absolute Gasteiger partial charge is 0.252 e. The molecule has 0 spiro atoms. The van der Waals surface area contributed by atoms with Crippen molar-refractivity contribution in [1.29, 1.82) is 0 Å². The Balaban J connectivity index is 2.05. The fourth-order valence-electron chi connectivity index (χ4n) is 3.13. The number of primary amides is 1. The molecule has 0 radical (unpaired) electrons. The van der Waals surface area contributed by atoms with Crippen LogP contribution >= 0.6 is 0 Å². The van der Waals surface area contributed by atoms with Crippen molar-refractivity contribution in [2.45, 2.75) is 40.0 Å². The maximum Gasteiger partial charge on any atom is 0.252 e. The van der Waals surface area contributed by atoms with Gasteiger partial charge >= 0.3 is 0 Å². The van der Waals surface area contributed by atoms with Crippen LogP contribution in [-0.2, 0) is 12.8 Å². The van der Waals surface area contributed by atoms with Crippen LogP contribution < -0.4 is 5.73 Å². The molecule has 1 unspecified atom stereocenters. The molecule has 20 heavy (non-hydrogen) atoms. The van der Waals surface area contributed by atoms with Gasteiger partial charge in [0.2, 0.25) is 0 Å². The lowest BCUT2D eigenvalue weighted by Gasteiger charge is -2.34. The van der Waals surface area contributed by atoms with Gasteiger partial charge in [0, 0.05) is 11.9 Å². The molecule has 0 saturated carbocycles. The number of aryl methyl sites for hydroxylation is 1. The number of nitrogens with one attached hydrogen (secondary N) is 1. The molecule has 2 heterocycles. The third-order valence-electron chi connectivity index (χ3n) is 4.50. The second-order valence-corrected chi connectivity index (χ2v) is 6.86. The Labute approximate surface area is 118 Å². The molecule has 1 atom stereocenters. The van der Waals surface area contributed by atoms with Crippen molar-refractivity contribution in [3.63, 3.8) is 0 Å². The van der Waals surface area contributed by atoms with E-state index in [4.69, 9.17) is 5.73 Å². The SMILES string of the molecule is CC(C)(C)C1CCc2nc3c(C(N)=O)c[nH]c3cc2C1. The number of hydrogen-bond donors (Lipinski definition) is 2. The quantitative estimate of drug-likeness (QED) is 0.837. The van der Waals surface area contributed by atoms with Gasteiger partial charge in [-0.3, -0.25) is 9.78 Å². The number of aromatic amines is 1. The summed E-state index contributed by atoms with van der Waals surface area (Å²) in [4.78, 5) is 19.2. The molecule has 1 aliphatic rings. The van der Waals surface area contributed by atoms with Crippen molar-refractivity contribution in [3.05, 3.63) is 29.1 Å². The Hall–Kier alpha value is -1.84. The number of fused-ring (bicyclic) bond motifs is 2. The van der Waals surface area contributed by atoms with Gasteiger partial charge in [-0.15, -0.1) is 0 Å². The Morgan fingerprint density at radius 3 is 2.85 bits per heavy atom. The molecule has 0 fully saturated rings. The normalized spacial score (nSPS) is 19.1. The average Bonchev–Trinajstić information content (AvgIpc) is 2.77. The highest BCUT2D eigenvalue weighted by Crippen LogP contribution is 2.37. The highest BCUT2D eigenvalue weighted by Gasteiger charge is 2.29. The highest BCUT2D eigenvalue weighted by atomic mass is 16.1. The van der Waals surface area contributed by atoms with Gasteiger partial charge in [-0.05, 0) is 42.2 Å². The van der Waals surface area contributed by atoms with Crippen LogP contribution in [0.5, 0.6) is 0 Å². The van der Waals surface area contributed by atoms with Crippen LogP contribution in [-0.4, -0.2) is 15.9 Å². The summed E-state index contributed by atoms with van der Waals surface area (Å²) in [7, 11) is 0. The maximum absolute atomic E-state index is 11.4. The Morgan fingerprint density at radius 1 is 1.45 bits per heavy atom. The van der Waals surface area contributed by atoms with Crippen LogP contribution in [0.3, 0.4) is 0 Å². The van der Waals surface area contributed by atoms with Crippen molar-refractivity contribution in [3.8, 4) is 0 Å². The molecular weight excluding hydrogens is 250 g/mol. The van der Waals surface area contributed by atoms with E-state index in [1.165, 1.54) is 5.56 Å². The first-order valence-corrected chi connectivity index (χ1v) is 7.16. The zero-order chi connectivity index (χ0) is 14.5. The molecular formula is C16H21N3O. The third kappa shape index (κ3) is 2.09. The van der Waals surface area contributed by atoms with E-state index in [0.717, 1.165) is 30.5 Å². The minimum Gasteiger partial charge on any atom is -0.365 e. The first-order valence-electron chi connectivity index (χ1n) is 7.16. The molecule has 2 aromatic heterocycles. The largest absolute Gasteiger partial charge is 0.365 e. The van der Waals surface area contributed by atoms with Gasteiger partial charge in [0.15, 0.2) is 0 Å². The van der Waals surface area contributed by atoms with Gasteiger partial charge in [0.25, 0.3) is 5.91 Å². The highest BCUT2D eigenvalue weighted by molar-refractivity contribution is 6.04. The summed E-state index contributed by atoms with van der Waals surface area (Å²) in [6, 6.07) is 2.14. The number of rotatable bonds is 1. The van der Waals surface area contributed by atoms with Gasteiger partial charge in [-0.25, -0.2) is 0 Å². The summed E-state index contributed by atoms with van der Waals surface area (Å²) < 4.78 is 0. The lowest BCUT2D eigenvalue weighted by atomic mass is 9.71. The van der Waals surface area contributed by atoms with E-state index in [2.05, 4.69) is 36.8 Å². The summed E-state index contributed by atoms with van der Waals surface area (Å²) >= 11 is 0. The Kier molecular flexibility index (Phi) is 2.85. The molecule has 1 amide bonds. The molecule has 3 rings (SSSR count). The summed E-state index contributed by atoms with van der Waals surface area (Å²) in [5, 5.41) is 0. The third-order valence-corrected chi connectivity index (χ3v) is 4.50. The van der Waals surface area contributed by atoms with E-state index in [-0.39, 0.29) is 0 Å². The molecule has 0 aliphatic heterocycles. The zero-order valence-electron chi connectivity index (χ0n) is 12.3. The van der Waals surface area contributed by atoms with Crippen LogP contribution in [0.1, 0.15) is 48.8 Å². The molecule has 106 valence electrons. The Bertz CT molecular complexity index is 679. The molecule has 4 heteroatoms. The second-order valence-electron chi connectivity index (χ2n) is 6.86. The van der Waals surface area contributed by atoms with Crippen molar-refractivity contribution < 1.29 is 4.79 Å². The fraction of sp³-hybridized carbons (Fsp3) is 0.500. The molecule has 4 nitrogen and oxygen atoms in total. The zero-order valence-corrected chi connectivity index (χ0v) is 12.3. The first kappa shape index (κ1) is 13.2. The van der Waals surface area contributed by atoms with E-state index in [0.29, 0.717) is 22.4 Å². The first-order chi connectivity index (χ1) is 9.36. The van der Waals surface area contributed by atoms with Crippen LogP contribution in [0.25, 0.3) is 11.0 Å². The summed E-state index contributed by atoms with van der Waals surface area (Å²) in [6.07, 6.45) is 4.86. The van der Waals surface area contributed by atoms with Gasteiger partial charge < -0.3 is 10.7 Å². The summed E-state index contributed by atoms with van der Waals surface area (Å²) in [6.45, 7) is 6.90. The van der Waals surface area contributed by atoms with E-state index < -0.39 is 5.91 Å².